The molecule has 3 aromatic carbocycles. The molecule has 4 rings (SSSR count). The fraction of sp³-hybridized carbons (Fsp3) is 0.0476. The van der Waals surface area contributed by atoms with E-state index in [1.165, 1.54) is 0 Å². The summed E-state index contributed by atoms with van der Waals surface area (Å²) in [6.45, 7) is 0. The van der Waals surface area contributed by atoms with Crippen molar-refractivity contribution in [3.05, 3.63) is 78.9 Å². The second-order valence-corrected chi connectivity index (χ2v) is 6.23. The van der Waals surface area contributed by atoms with Crippen LogP contribution < -0.4 is 10.2 Å². The lowest BCUT2D eigenvalue weighted by molar-refractivity contribution is 1.28. The van der Waals surface area contributed by atoms with E-state index in [4.69, 9.17) is 17.2 Å². The summed E-state index contributed by atoms with van der Waals surface area (Å²) >= 11 is 5.66. The smallest absolute Gasteiger partial charge is 0.177 e. The van der Waals surface area contributed by atoms with Gasteiger partial charge in [0.05, 0.1) is 16.7 Å². The molecule has 0 fully saturated rings. The number of nitrogens with zero attached hydrogens (tertiary/aromatic N) is 2. The average Bonchev–Trinajstić information content (AvgIpc) is 2.67. The van der Waals surface area contributed by atoms with Gasteiger partial charge in [0.25, 0.3) is 0 Å². The molecular formula is C21H17N3S. The van der Waals surface area contributed by atoms with E-state index in [1.54, 1.807) is 0 Å². The van der Waals surface area contributed by atoms with Crippen LogP contribution in [0, 0.1) is 0 Å². The molecule has 25 heavy (non-hydrogen) atoms. The highest BCUT2D eigenvalue weighted by Gasteiger charge is 2.12. The van der Waals surface area contributed by atoms with Gasteiger partial charge < -0.3 is 10.2 Å². The number of aromatic nitrogens is 1. The summed E-state index contributed by atoms with van der Waals surface area (Å²) in [6.07, 6.45) is 0. The van der Waals surface area contributed by atoms with Crippen molar-refractivity contribution in [3.63, 3.8) is 0 Å². The van der Waals surface area contributed by atoms with Crippen LogP contribution in [0.5, 0.6) is 0 Å². The topological polar surface area (TPSA) is 28.2 Å². The molecule has 1 heterocycles. The Balaban J connectivity index is 1.81. The minimum atomic E-state index is 0.646. The molecule has 4 heteroatoms. The summed E-state index contributed by atoms with van der Waals surface area (Å²) in [4.78, 5) is 6.72. The van der Waals surface area contributed by atoms with Gasteiger partial charge in [-0.3, -0.25) is 0 Å². The Morgan fingerprint density at radius 1 is 0.800 bits per heavy atom. The molecule has 4 aromatic rings. The van der Waals surface area contributed by atoms with Crippen LogP contribution in [0.3, 0.4) is 0 Å². The fourth-order valence-electron chi connectivity index (χ4n) is 2.93. The lowest BCUT2D eigenvalue weighted by Gasteiger charge is -2.22. The zero-order chi connectivity index (χ0) is 17.2. The van der Waals surface area contributed by atoms with Gasteiger partial charge in [0.1, 0.15) is 0 Å². The largest absolute Gasteiger partial charge is 0.331 e. The van der Waals surface area contributed by atoms with E-state index in [2.05, 4.69) is 17.4 Å². The zero-order valence-corrected chi connectivity index (χ0v) is 14.6. The molecule has 1 N–H and O–H groups in total. The second kappa shape index (κ2) is 6.49. The summed E-state index contributed by atoms with van der Waals surface area (Å²) in [6, 6.07) is 26.3. The summed E-state index contributed by atoms with van der Waals surface area (Å²) in [5.74, 6) is 0. The highest BCUT2D eigenvalue weighted by molar-refractivity contribution is 7.80. The number of nitrogens with one attached hydrogen (secondary N) is 1. The summed E-state index contributed by atoms with van der Waals surface area (Å²) < 4.78 is 0. The molecule has 0 aliphatic rings. The van der Waals surface area contributed by atoms with Gasteiger partial charge in [-0.05, 0) is 36.5 Å². The molecule has 122 valence electrons. The molecule has 0 unspecified atom stereocenters. The van der Waals surface area contributed by atoms with Gasteiger partial charge in [-0.15, -0.1) is 0 Å². The SMILES string of the molecule is CN(C(=S)Nc1c2ccccc2nc2ccccc12)c1ccccc1. The molecule has 0 aliphatic carbocycles. The molecular weight excluding hydrogens is 326 g/mol. The quantitative estimate of drug-likeness (QED) is 0.399. The fourth-order valence-corrected chi connectivity index (χ4v) is 3.14. The second-order valence-electron chi connectivity index (χ2n) is 5.85. The van der Waals surface area contributed by atoms with Crippen molar-refractivity contribution in [1.29, 1.82) is 0 Å². The van der Waals surface area contributed by atoms with Gasteiger partial charge in [0.2, 0.25) is 0 Å². The Morgan fingerprint density at radius 2 is 1.32 bits per heavy atom. The van der Waals surface area contributed by atoms with Crippen LogP contribution in [-0.2, 0) is 0 Å². The van der Waals surface area contributed by atoms with Crippen molar-refractivity contribution < 1.29 is 0 Å². The van der Waals surface area contributed by atoms with Crippen molar-refractivity contribution in [2.24, 2.45) is 0 Å². The van der Waals surface area contributed by atoms with E-state index in [0.717, 1.165) is 33.2 Å². The third-order valence-electron chi connectivity index (χ3n) is 4.27. The van der Waals surface area contributed by atoms with Crippen molar-refractivity contribution in [2.75, 3.05) is 17.3 Å². The first-order valence-corrected chi connectivity index (χ1v) is 8.52. The maximum Gasteiger partial charge on any atom is 0.177 e. The Morgan fingerprint density at radius 3 is 1.92 bits per heavy atom. The predicted molar refractivity (Wildman–Crippen MR) is 110 cm³/mol. The van der Waals surface area contributed by atoms with Crippen molar-refractivity contribution in [1.82, 2.24) is 4.98 Å². The summed E-state index contributed by atoms with van der Waals surface area (Å²) in [7, 11) is 1.97. The number of hydrogen-bond donors (Lipinski definition) is 1. The number of pyridine rings is 1. The van der Waals surface area contributed by atoms with Crippen LogP contribution in [0.15, 0.2) is 78.9 Å². The molecule has 0 saturated carbocycles. The first kappa shape index (κ1) is 15.5. The van der Waals surface area contributed by atoms with Gasteiger partial charge in [0, 0.05) is 23.5 Å². The molecule has 0 bridgehead atoms. The van der Waals surface area contributed by atoms with Crippen LogP contribution in [0.25, 0.3) is 21.8 Å². The minimum Gasteiger partial charge on any atom is -0.331 e. The molecule has 3 nitrogen and oxygen atoms in total. The minimum absolute atomic E-state index is 0.646. The maximum atomic E-state index is 5.66. The lowest BCUT2D eigenvalue weighted by atomic mass is 10.1. The first-order chi connectivity index (χ1) is 12.2. The molecule has 1 aromatic heterocycles. The van der Waals surface area contributed by atoms with Crippen LogP contribution in [-0.4, -0.2) is 17.1 Å². The van der Waals surface area contributed by atoms with E-state index >= 15 is 0 Å². The predicted octanol–water partition coefficient (Wildman–Crippen LogP) is 5.22. The van der Waals surface area contributed by atoms with E-state index in [9.17, 15) is 0 Å². The number of anilines is 2. The number of hydrogen-bond acceptors (Lipinski definition) is 2. The highest BCUT2D eigenvalue weighted by Crippen LogP contribution is 2.31. The third kappa shape index (κ3) is 2.92. The van der Waals surface area contributed by atoms with Gasteiger partial charge in [-0.1, -0.05) is 54.6 Å². The molecule has 0 aliphatic heterocycles. The number of benzene rings is 3. The van der Waals surface area contributed by atoms with E-state index in [0.29, 0.717) is 5.11 Å². The molecule has 0 saturated heterocycles. The summed E-state index contributed by atoms with van der Waals surface area (Å²) in [5, 5.41) is 6.21. The van der Waals surface area contributed by atoms with Crippen LogP contribution in [0.4, 0.5) is 11.4 Å². The molecule has 0 atom stereocenters. The lowest BCUT2D eigenvalue weighted by Crippen LogP contribution is -2.31. The monoisotopic (exact) mass is 343 g/mol. The first-order valence-electron chi connectivity index (χ1n) is 8.11. The Kier molecular flexibility index (Phi) is 4.04. The van der Waals surface area contributed by atoms with Crippen molar-refractivity contribution in [2.45, 2.75) is 0 Å². The number of para-hydroxylation sites is 3. The van der Waals surface area contributed by atoms with E-state index in [-0.39, 0.29) is 0 Å². The van der Waals surface area contributed by atoms with E-state index in [1.807, 2.05) is 78.7 Å². The Hall–Kier alpha value is -2.98. The normalized spacial score (nSPS) is 10.8. The van der Waals surface area contributed by atoms with Crippen molar-refractivity contribution in [3.8, 4) is 0 Å². The maximum absolute atomic E-state index is 5.66. The standard InChI is InChI=1S/C21H17N3S/c1-24(15-9-3-2-4-10-15)21(25)23-20-16-11-5-7-13-18(16)22-19-14-8-6-12-17(19)20/h2-14H,1H3,(H,22,23,25). The number of rotatable bonds is 2. The van der Waals surface area contributed by atoms with Gasteiger partial charge in [0.15, 0.2) is 5.11 Å². The van der Waals surface area contributed by atoms with Crippen molar-refractivity contribution >= 4 is 50.5 Å². The third-order valence-corrected chi connectivity index (χ3v) is 4.64. The molecule has 0 amide bonds. The molecule has 0 spiro atoms. The highest BCUT2D eigenvalue weighted by atomic mass is 32.1. The Labute approximate surface area is 151 Å². The zero-order valence-electron chi connectivity index (χ0n) is 13.8. The summed E-state index contributed by atoms with van der Waals surface area (Å²) in [5.41, 5.74) is 3.94. The number of thiocarbonyl (C=S) groups is 1. The van der Waals surface area contributed by atoms with Crippen LogP contribution >= 0.6 is 12.2 Å². The van der Waals surface area contributed by atoms with Crippen LogP contribution in [0.2, 0.25) is 0 Å². The van der Waals surface area contributed by atoms with Gasteiger partial charge >= 0.3 is 0 Å². The van der Waals surface area contributed by atoms with Gasteiger partial charge in [-0.2, -0.15) is 0 Å². The average molecular weight is 343 g/mol. The van der Waals surface area contributed by atoms with E-state index < -0.39 is 0 Å². The van der Waals surface area contributed by atoms with Gasteiger partial charge in [-0.25, -0.2) is 4.98 Å². The Bertz CT molecular complexity index is 1010. The van der Waals surface area contributed by atoms with Crippen LogP contribution in [0.1, 0.15) is 0 Å². The molecule has 0 radical (unpaired) electrons. The number of fused-ring (bicyclic) bond motifs is 2.